The third-order valence-corrected chi connectivity index (χ3v) is 6.33. The van der Waals surface area contributed by atoms with Crippen molar-refractivity contribution in [1.82, 2.24) is 0 Å². The normalized spacial score (nSPS) is 16.7. The summed E-state index contributed by atoms with van der Waals surface area (Å²) in [6.45, 7) is 3.70. The second-order valence-corrected chi connectivity index (χ2v) is 8.95. The van der Waals surface area contributed by atoms with Gasteiger partial charge in [0.25, 0.3) is 11.7 Å². The smallest absolute Gasteiger partial charge is 0.300 e. The van der Waals surface area contributed by atoms with Crippen LogP contribution < -0.4 is 9.64 Å². The zero-order valence-corrected chi connectivity index (χ0v) is 20.3. The predicted molar refractivity (Wildman–Crippen MR) is 140 cm³/mol. The maximum Gasteiger partial charge on any atom is 0.300 e. The molecule has 0 bridgehead atoms. The number of para-hydroxylation sites is 1. The standard InChI is InChI=1S/C31H24FNO4/c1-19-14-15-20(2)26(16-19)29(34)27-28(33(31(36)30(27)35)23-10-7-9-22(32)18-23)21-8-6-13-25(17-21)37-24-11-4-3-5-12-24/h3-18,28,34H,1-2H3/b29-27+. The minimum Gasteiger partial charge on any atom is -0.507 e. The van der Waals surface area contributed by atoms with E-state index in [0.717, 1.165) is 11.1 Å². The van der Waals surface area contributed by atoms with Crippen LogP contribution in [0.2, 0.25) is 0 Å². The van der Waals surface area contributed by atoms with Crippen molar-refractivity contribution in [2.75, 3.05) is 4.90 Å². The Bertz CT molecular complexity index is 1540. The Morgan fingerprint density at radius 3 is 2.32 bits per heavy atom. The molecule has 1 N–H and O–H groups in total. The molecular formula is C31H24FNO4. The third-order valence-electron chi connectivity index (χ3n) is 6.33. The highest BCUT2D eigenvalue weighted by atomic mass is 19.1. The lowest BCUT2D eigenvalue weighted by Crippen LogP contribution is -2.29. The maximum absolute atomic E-state index is 14.2. The molecule has 37 heavy (non-hydrogen) atoms. The summed E-state index contributed by atoms with van der Waals surface area (Å²) >= 11 is 0. The van der Waals surface area contributed by atoms with Gasteiger partial charge in [-0.15, -0.1) is 0 Å². The molecule has 0 aromatic heterocycles. The molecule has 0 saturated carbocycles. The topological polar surface area (TPSA) is 66.8 Å². The number of aryl methyl sites for hydroxylation is 2. The highest BCUT2D eigenvalue weighted by molar-refractivity contribution is 6.51. The minimum absolute atomic E-state index is 0.0696. The van der Waals surface area contributed by atoms with Crippen LogP contribution in [-0.2, 0) is 9.59 Å². The monoisotopic (exact) mass is 493 g/mol. The highest BCUT2D eigenvalue weighted by Gasteiger charge is 2.47. The second kappa shape index (κ2) is 9.74. The fraction of sp³-hybridized carbons (Fsp3) is 0.0968. The van der Waals surface area contributed by atoms with Crippen molar-refractivity contribution in [2.24, 2.45) is 0 Å². The number of anilines is 1. The van der Waals surface area contributed by atoms with Gasteiger partial charge in [-0.05, 0) is 73.5 Å². The van der Waals surface area contributed by atoms with E-state index in [2.05, 4.69) is 0 Å². The van der Waals surface area contributed by atoms with Gasteiger partial charge in [-0.2, -0.15) is 0 Å². The molecule has 0 aliphatic carbocycles. The summed E-state index contributed by atoms with van der Waals surface area (Å²) in [4.78, 5) is 28.0. The number of carbonyl (C=O) groups is 2. The van der Waals surface area contributed by atoms with Gasteiger partial charge >= 0.3 is 0 Å². The van der Waals surface area contributed by atoms with Gasteiger partial charge in [-0.25, -0.2) is 4.39 Å². The molecular weight excluding hydrogens is 469 g/mol. The summed E-state index contributed by atoms with van der Waals surface area (Å²) in [6.07, 6.45) is 0. The molecule has 1 atom stereocenters. The Hall–Kier alpha value is -4.71. The van der Waals surface area contributed by atoms with Crippen LogP contribution in [-0.4, -0.2) is 16.8 Å². The number of hydrogen-bond donors (Lipinski definition) is 1. The first-order chi connectivity index (χ1) is 17.8. The van der Waals surface area contributed by atoms with E-state index in [1.807, 2.05) is 56.3 Å². The number of Topliss-reactive ketones (excluding diaryl/α,β-unsaturated/α-hetero) is 1. The van der Waals surface area contributed by atoms with Crippen molar-refractivity contribution >= 4 is 23.1 Å². The van der Waals surface area contributed by atoms with Crippen LogP contribution in [0.25, 0.3) is 5.76 Å². The lowest BCUT2D eigenvalue weighted by molar-refractivity contribution is -0.132. The summed E-state index contributed by atoms with van der Waals surface area (Å²) in [6, 6.07) is 26.2. The summed E-state index contributed by atoms with van der Waals surface area (Å²) in [7, 11) is 0. The molecule has 184 valence electrons. The van der Waals surface area contributed by atoms with Crippen LogP contribution in [0.3, 0.4) is 0 Å². The molecule has 1 heterocycles. The van der Waals surface area contributed by atoms with Crippen LogP contribution >= 0.6 is 0 Å². The van der Waals surface area contributed by atoms with Gasteiger partial charge in [0.2, 0.25) is 0 Å². The number of benzene rings is 4. The zero-order valence-electron chi connectivity index (χ0n) is 20.3. The first-order valence-electron chi connectivity index (χ1n) is 11.8. The molecule has 1 amide bonds. The third kappa shape index (κ3) is 4.61. The summed E-state index contributed by atoms with van der Waals surface area (Å²) in [5.74, 6) is -1.42. The van der Waals surface area contributed by atoms with Crippen LogP contribution in [0, 0.1) is 19.7 Å². The average Bonchev–Trinajstić information content (AvgIpc) is 3.16. The minimum atomic E-state index is -0.999. The Labute approximate surface area is 214 Å². The van der Waals surface area contributed by atoms with Crippen LogP contribution in [0.15, 0.2) is 103 Å². The van der Waals surface area contributed by atoms with Gasteiger partial charge < -0.3 is 9.84 Å². The number of carbonyl (C=O) groups excluding carboxylic acids is 2. The molecule has 4 aromatic rings. The lowest BCUT2D eigenvalue weighted by atomic mass is 9.93. The molecule has 6 heteroatoms. The highest BCUT2D eigenvalue weighted by Crippen LogP contribution is 2.43. The molecule has 1 saturated heterocycles. The van der Waals surface area contributed by atoms with E-state index >= 15 is 0 Å². The first kappa shape index (κ1) is 24.0. The number of amides is 1. The van der Waals surface area contributed by atoms with Crippen molar-refractivity contribution in [3.8, 4) is 11.5 Å². The van der Waals surface area contributed by atoms with E-state index < -0.39 is 23.5 Å². The fourth-order valence-electron chi connectivity index (χ4n) is 4.55. The SMILES string of the molecule is Cc1ccc(C)c(/C(O)=C2\C(=O)C(=O)N(c3cccc(F)c3)C2c2cccc(Oc3ccccc3)c2)c1. The van der Waals surface area contributed by atoms with Gasteiger partial charge in [0.05, 0.1) is 11.6 Å². The fourth-order valence-corrected chi connectivity index (χ4v) is 4.55. The molecule has 5 nitrogen and oxygen atoms in total. The van der Waals surface area contributed by atoms with E-state index in [9.17, 15) is 19.1 Å². The molecule has 1 fully saturated rings. The lowest BCUT2D eigenvalue weighted by Gasteiger charge is -2.26. The summed E-state index contributed by atoms with van der Waals surface area (Å²) < 4.78 is 20.2. The van der Waals surface area contributed by atoms with Crippen LogP contribution in [0.5, 0.6) is 11.5 Å². The molecule has 0 radical (unpaired) electrons. The Morgan fingerprint density at radius 2 is 1.57 bits per heavy atom. The Morgan fingerprint density at radius 1 is 0.838 bits per heavy atom. The van der Waals surface area contributed by atoms with Gasteiger partial charge in [0.1, 0.15) is 23.1 Å². The van der Waals surface area contributed by atoms with Gasteiger partial charge in [0.15, 0.2) is 0 Å². The zero-order chi connectivity index (χ0) is 26.1. The van der Waals surface area contributed by atoms with Crippen molar-refractivity contribution in [3.05, 3.63) is 131 Å². The van der Waals surface area contributed by atoms with Crippen molar-refractivity contribution in [2.45, 2.75) is 19.9 Å². The largest absolute Gasteiger partial charge is 0.507 e. The van der Waals surface area contributed by atoms with Gasteiger partial charge in [0, 0.05) is 11.3 Å². The molecule has 1 aliphatic heterocycles. The number of ketones is 1. The molecule has 1 aliphatic rings. The van der Waals surface area contributed by atoms with Crippen molar-refractivity contribution in [3.63, 3.8) is 0 Å². The van der Waals surface area contributed by atoms with Crippen LogP contribution in [0.4, 0.5) is 10.1 Å². The van der Waals surface area contributed by atoms with E-state index in [1.54, 1.807) is 36.4 Å². The van der Waals surface area contributed by atoms with E-state index in [1.165, 1.54) is 23.1 Å². The number of rotatable bonds is 5. The molecule has 4 aromatic carbocycles. The summed E-state index contributed by atoms with van der Waals surface area (Å²) in [5.41, 5.74) is 2.77. The number of aliphatic hydroxyl groups is 1. The van der Waals surface area contributed by atoms with Gasteiger partial charge in [-0.1, -0.05) is 54.1 Å². The number of halogens is 1. The van der Waals surface area contributed by atoms with Crippen molar-refractivity contribution < 1.29 is 23.8 Å². The first-order valence-corrected chi connectivity index (χ1v) is 11.8. The molecule has 0 spiro atoms. The van der Waals surface area contributed by atoms with E-state index in [-0.39, 0.29) is 17.0 Å². The Balaban J connectivity index is 1.70. The summed E-state index contributed by atoms with van der Waals surface area (Å²) in [5, 5.41) is 11.4. The average molecular weight is 494 g/mol. The van der Waals surface area contributed by atoms with E-state index in [4.69, 9.17) is 4.74 Å². The predicted octanol–water partition coefficient (Wildman–Crippen LogP) is 6.86. The number of nitrogens with zero attached hydrogens (tertiary/aromatic N) is 1. The Kier molecular flexibility index (Phi) is 6.32. The maximum atomic E-state index is 14.2. The number of hydrogen-bond acceptors (Lipinski definition) is 4. The second-order valence-electron chi connectivity index (χ2n) is 8.95. The quantitative estimate of drug-likeness (QED) is 0.187. The number of aliphatic hydroxyl groups excluding tert-OH is 1. The van der Waals surface area contributed by atoms with E-state index in [0.29, 0.717) is 22.6 Å². The molecule has 5 rings (SSSR count). The van der Waals surface area contributed by atoms with Crippen LogP contribution in [0.1, 0.15) is 28.3 Å². The van der Waals surface area contributed by atoms with Gasteiger partial charge in [-0.3, -0.25) is 14.5 Å². The number of ether oxygens (including phenoxy) is 1. The van der Waals surface area contributed by atoms with Crippen molar-refractivity contribution in [1.29, 1.82) is 0 Å². The molecule has 1 unspecified atom stereocenters.